The molecule has 0 saturated carbocycles. The topological polar surface area (TPSA) is 58.1 Å². The van der Waals surface area contributed by atoms with Gasteiger partial charge in [-0.2, -0.15) is 0 Å². The fourth-order valence-electron chi connectivity index (χ4n) is 2.80. The van der Waals surface area contributed by atoms with Gasteiger partial charge in [0.15, 0.2) is 11.5 Å². The fraction of sp³-hybridized carbons (Fsp3) is 0.389. The van der Waals surface area contributed by atoms with Crippen molar-refractivity contribution in [3.8, 4) is 0 Å². The highest BCUT2D eigenvalue weighted by Gasteiger charge is 2.18. The molecule has 5 nitrogen and oxygen atoms in total. The Kier molecular flexibility index (Phi) is 4.86. The van der Waals surface area contributed by atoms with Gasteiger partial charge < -0.3 is 10.2 Å². The van der Waals surface area contributed by atoms with E-state index < -0.39 is 0 Å². The Morgan fingerprint density at radius 1 is 1.00 bits per heavy atom. The predicted molar refractivity (Wildman–Crippen MR) is 90.9 cm³/mol. The molecule has 1 aromatic carbocycles. The minimum absolute atomic E-state index is 0.0122. The van der Waals surface area contributed by atoms with Crippen molar-refractivity contribution in [1.29, 1.82) is 0 Å². The van der Waals surface area contributed by atoms with E-state index in [0.717, 1.165) is 37.2 Å². The molecule has 5 heteroatoms. The molecule has 120 valence electrons. The minimum Gasteiger partial charge on any atom is -0.339 e. The lowest BCUT2D eigenvalue weighted by Crippen LogP contribution is -2.32. The maximum atomic E-state index is 12.5. The Labute approximate surface area is 136 Å². The summed E-state index contributed by atoms with van der Waals surface area (Å²) in [7, 11) is 0. The van der Waals surface area contributed by atoms with Crippen molar-refractivity contribution >= 4 is 17.4 Å². The summed E-state index contributed by atoms with van der Waals surface area (Å²) in [6.07, 6.45) is 4.56. The number of benzene rings is 1. The van der Waals surface area contributed by atoms with E-state index in [1.54, 1.807) is 6.07 Å². The van der Waals surface area contributed by atoms with Crippen molar-refractivity contribution in [2.24, 2.45) is 0 Å². The number of amides is 1. The van der Waals surface area contributed by atoms with Gasteiger partial charge in [0.05, 0.1) is 0 Å². The molecule has 2 heterocycles. The maximum Gasteiger partial charge on any atom is 0.274 e. The molecule has 2 aromatic rings. The lowest BCUT2D eigenvalue weighted by molar-refractivity contribution is 0.0754. The number of para-hydroxylation sites is 1. The van der Waals surface area contributed by atoms with Crippen LogP contribution in [0.3, 0.4) is 0 Å². The summed E-state index contributed by atoms with van der Waals surface area (Å²) in [6, 6.07) is 11.6. The van der Waals surface area contributed by atoms with Crippen LogP contribution in [0.5, 0.6) is 0 Å². The zero-order valence-corrected chi connectivity index (χ0v) is 13.5. The van der Waals surface area contributed by atoms with Gasteiger partial charge in [0.25, 0.3) is 5.91 Å². The molecule has 3 rings (SSSR count). The lowest BCUT2D eigenvalue weighted by atomic mass is 10.2. The number of aromatic nitrogens is 2. The summed E-state index contributed by atoms with van der Waals surface area (Å²) < 4.78 is 0. The molecule has 0 atom stereocenters. The molecule has 1 fully saturated rings. The second kappa shape index (κ2) is 7.22. The van der Waals surface area contributed by atoms with Crippen LogP contribution in [-0.2, 0) is 0 Å². The third-order valence-electron chi connectivity index (χ3n) is 4.18. The van der Waals surface area contributed by atoms with Crippen molar-refractivity contribution in [2.75, 3.05) is 18.4 Å². The molecular weight excluding hydrogens is 288 g/mol. The number of carbonyl (C=O) groups excluding carboxylic acids is 1. The van der Waals surface area contributed by atoms with E-state index in [4.69, 9.17) is 0 Å². The van der Waals surface area contributed by atoms with Gasteiger partial charge in [0, 0.05) is 18.8 Å². The number of anilines is 2. The first-order chi connectivity index (χ1) is 11.2. The highest BCUT2D eigenvalue weighted by molar-refractivity contribution is 5.92. The summed E-state index contributed by atoms with van der Waals surface area (Å²) >= 11 is 0. The molecule has 1 aromatic heterocycles. The van der Waals surface area contributed by atoms with Gasteiger partial charge in [0.2, 0.25) is 0 Å². The number of hydrogen-bond acceptors (Lipinski definition) is 4. The molecule has 0 aliphatic carbocycles. The number of nitrogens with zero attached hydrogens (tertiary/aromatic N) is 3. The van der Waals surface area contributed by atoms with Crippen LogP contribution in [0.4, 0.5) is 11.5 Å². The average molecular weight is 310 g/mol. The van der Waals surface area contributed by atoms with E-state index in [1.165, 1.54) is 12.8 Å². The van der Waals surface area contributed by atoms with Crippen molar-refractivity contribution < 1.29 is 4.79 Å². The molecule has 1 aliphatic rings. The van der Waals surface area contributed by atoms with Crippen LogP contribution >= 0.6 is 0 Å². The predicted octanol–water partition coefficient (Wildman–Crippen LogP) is 3.54. The van der Waals surface area contributed by atoms with E-state index in [0.29, 0.717) is 11.5 Å². The lowest BCUT2D eigenvalue weighted by Gasteiger charge is -2.19. The molecule has 0 radical (unpaired) electrons. The Hall–Kier alpha value is -2.43. The second-order valence-electron chi connectivity index (χ2n) is 5.95. The molecule has 0 spiro atoms. The van der Waals surface area contributed by atoms with Crippen LogP contribution in [0.2, 0.25) is 0 Å². The molecule has 1 aliphatic heterocycles. The van der Waals surface area contributed by atoms with Crippen LogP contribution in [0.25, 0.3) is 0 Å². The van der Waals surface area contributed by atoms with Gasteiger partial charge in [-0.15, -0.1) is 10.2 Å². The van der Waals surface area contributed by atoms with Crippen LogP contribution < -0.4 is 5.32 Å². The molecular formula is C18H22N4O. The summed E-state index contributed by atoms with van der Waals surface area (Å²) in [5.74, 6) is 0.633. The van der Waals surface area contributed by atoms with Crippen molar-refractivity contribution in [1.82, 2.24) is 15.1 Å². The van der Waals surface area contributed by atoms with Gasteiger partial charge in [-0.25, -0.2) is 0 Å². The summed E-state index contributed by atoms with van der Waals surface area (Å²) in [4.78, 5) is 14.4. The van der Waals surface area contributed by atoms with Crippen LogP contribution in [0.1, 0.15) is 41.7 Å². The summed E-state index contributed by atoms with van der Waals surface area (Å²) in [5, 5.41) is 11.5. The maximum absolute atomic E-state index is 12.5. The van der Waals surface area contributed by atoms with Gasteiger partial charge >= 0.3 is 0 Å². The van der Waals surface area contributed by atoms with Crippen LogP contribution in [-0.4, -0.2) is 34.1 Å². The SMILES string of the molecule is Cc1ccccc1Nc1ccc(C(=O)N2CCCCCC2)nn1. The molecule has 1 N–H and O–H groups in total. The number of aryl methyl sites for hydroxylation is 1. The van der Waals surface area contributed by atoms with Gasteiger partial charge in [-0.05, 0) is 43.5 Å². The average Bonchev–Trinajstić information content (AvgIpc) is 2.86. The first-order valence-corrected chi connectivity index (χ1v) is 8.20. The largest absolute Gasteiger partial charge is 0.339 e. The summed E-state index contributed by atoms with van der Waals surface area (Å²) in [6.45, 7) is 3.68. The minimum atomic E-state index is -0.0122. The Morgan fingerprint density at radius 3 is 2.39 bits per heavy atom. The van der Waals surface area contributed by atoms with Crippen LogP contribution in [0.15, 0.2) is 36.4 Å². The molecule has 0 bridgehead atoms. The standard InChI is InChI=1S/C18H22N4O/c1-14-8-4-5-9-15(14)19-17-11-10-16(20-21-17)18(23)22-12-6-2-3-7-13-22/h4-5,8-11H,2-3,6-7,12-13H2,1H3,(H,19,21). The Morgan fingerprint density at radius 2 is 1.74 bits per heavy atom. The van der Waals surface area contributed by atoms with E-state index in [-0.39, 0.29) is 5.91 Å². The Bertz CT molecular complexity index is 661. The smallest absolute Gasteiger partial charge is 0.274 e. The van der Waals surface area contributed by atoms with Crippen molar-refractivity contribution in [2.45, 2.75) is 32.6 Å². The third kappa shape index (κ3) is 3.86. The van der Waals surface area contributed by atoms with E-state index in [9.17, 15) is 4.79 Å². The van der Waals surface area contributed by atoms with Crippen molar-refractivity contribution in [3.05, 3.63) is 47.7 Å². The molecule has 1 saturated heterocycles. The molecule has 0 unspecified atom stereocenters. The van der Waals surface area contributed by atoms with Crippen molar-refractivity contribution in [3.63, 3.8) is 0 Å². The number of rotatable bonds is 3. The van der Waals surface area contributed by atoms with Gasteiger partial charge in [-0.3, -0.25) is 4.79 Å². The normalized spacial score (nSPS) is 15.1. The van der Waals surface area contributed by atoms with E-state index in [2.05, 4.69) is 15.5 Å². The first-order valence-electron chi connectivity index (χ1n) is 8.20. The highest BCUT2D eigenvalue weighted by atomic mass is 16.2. The Balaban J connectivity index is 1.69. The first kappa shape index (κ1) is 15.5. The number of carbonyl (C=O) groups is 1. The van der Waals surface area contributed by atoms with Gasteiger partial charge in [0.1, 0.15) is 0 Å². The number of nitrogens with one attached hydrogen (secondary N) is 1. The van der Waals surface area contributed by atoms with E-state index >= 15 is 0 Å². The quantitative estimate of drug-likeness (QED) is 0.942. The third-order valence-corrected chi connectivity index (χ3v) is 4.18. The molecule has 23 heavy (non-hydrogen) atoms. The zero-order valence-electron chi connectivity index (χ0n) is 13.5. The fourth-order valence-corrected chi connectivity index (χ4v) is 2.80. The highest BCUT2D eigenvalue weighted by Crippen LogP contribution is 2.18. The van der Waals surface area contributed by atoms with E-state index in [1.807, 2.05) is 42.2 Å². The van der Waals surface area contributed by atoms with Crippen LogP contribution in [0, 0.1) is 6.92 Å². The zero-order chi connectivity index (χ0) is 16.1. The second-order valence-corrected chi connectivity index (χ2v) is 5.95. The number of hydrogen-bond donors (Lipinski definition) is 1. The van der Waals surface area contributed by atoms with Gasteiger partial charge in [-0.1, -0.05) is 31.0 Å². The monoisotopic (exact) mass is 310 g/mol. The summed E-state index contributed by atoms with van der Waals surface area (Å²) in [5.41, 5.74) is 2.55. The molecule has 1 amide bonds. The number of likely N-dealkylation sites (tertiary alicyclic amines) is 1.